The molecule has 0 radical (unpaired) electrons. The third kappa shape index (κ3) is 3.25. The van der Waals surface area contributed by atoms with E-state index in [2.05, 4.69) is 20.2 Å². The van der Waals surface area contributed by atoms with Crippen molar-refractivity contribution in [1.82, 2.24) is 29.4 Å². The number of hydrogen-bond donors (Lipinski definition) is 0. The van der Waals surface area contributed by atoms with Gasteiger partial charge in [0.05, 0.1) is 19.9 Å². The Morgan fingerprint density at radius 2 is 1.85 bits per heavy atom. The molecule has 0 atom stereocenters. The zero-order chi connectivity index (χ0) is 18.8. The third-order valence-corrected chi connectivity index (χ3v) is 4.90. The normalized spacial score (nSPS) is 14.7. The topological polar surface area (TPSA) is 87.3 Å². The van der Waals surface area contributed by atoms with Crippen LogP contribution in [0.1, 0.15) is 12.8 Å². The molecule has 0 spiro atoms. The molecule has 1 aliphatic heterocycles. The van der Waals surface area contributed by atoms with Crippen LogP contribution in [0.25, 0.3) is 16.9 Å². The summed E-state index contributed by atoms with van der Waals surface area (Å²) in [6.45, 7) is 3.64. The predicted octanol–water partition coefficient (Wildman–Crippen LogP) is 1.09. The Hall–Kier alpha value is -2.94. The first-order valence-corrected chi connectivity index (χ1v) is 8.97. The van der Waals surface area contributed by atoms with E-state index in [0.717, 1.165) is 19.6 Å². The van der Waals surface area contributed by atoms with Crippen LogP contribution in [0.3, 0.4) is 0 Å². The van der Waals surface area contributed by atoms with Crippen molar-refractivity contribution in [2.24, 2.45) is 0 Å². The highest BCUT2D eigenvalue weighted by Gasteiger charge is 2.16. The number of nitrogens with zero attached hydrogens (tertiary/aromatic N) is 6. The zero-order valence-electron chi connectivity index (χ0n) is 15.5. The van der Waals surface area contributed by atoms with Crippen molar-refractivity contribution >= 4 is 11.2 Å². The second kappa shape index (κ2) is 7.36. The Morgan fingerprint density at radius 3 is 2.59 bits per heavy atom. The van der Waals surface area contributed by atoms with E-state index in [1.807, 2.05) is 6.07 Å². The number of fused-ring (bicyclic) bond motifs is 1. The van der Waals surface area contributed by atoms with Crippen molar-refractivity contribution in [3.8, 4) is 17.2 Å². The molecule has 0 saturated carbocycles. The van der Waals surface area contributed by atoms with Crippen molar-refractivity contribution in [2.75, 3.05) is 33.9 Å². The van der Waals surface area contributed by atoms with Gasteiger partial charge in [0.25, 0.3) is 5.56 Å². The van der Waals surface area contributed by atoms with Gasteiger partial charge in [0.15, 0.2) is 22.7 Å². The monoisotopic (exact) mass is 370 g/mol. The summed E-state index contributed by atoms with van der Waals surface area (Å²) in [6.07, 6.45) is 4.03. The molecule has 9 heteroatoms. The Kier molecular flexibility index (Phi) is 4.76. The van der Waals surface area contributed by atoms with E-state index >= 15 is 0 Å². The number of aromatic nitrogens is 5. The maximum Gasteiger partial charge on any atom is 0.283 e. The fourth-order valence-corrected chi connectivity index (χ4v) is 3.39. The van der Waals surface area contributed by atoms with Crippen LogP contribution in [0.5, 0.6) is 11.5 Å². The van der Waals surface area contributed by atoms with Crippen LogP contribution >= 0.6 is 0 Å². The summed E-state index contributed by atoms with van der Waals surface area (Å²) in [4.78, 5) is 19.5. The second-order valence-corrected chi connectivity index (χ2v) is 6.50. The second-order valence-electron chi connectivity index (χ2n) is 6.50. The minimum absolute atomic E-state index is 0.175. The lowest BCUT2D eigenvalue weighted by molar-refractivity contribution is 0.320. The summed E-state index contributed by atoms with van der Waals surface area (Å²) in [5, 5.41) is 8.18. The molecule has 9 nitrogen and oxygen atoms in total. The van der Waals surface area contributed by atoms with Gasteiger partial charge >= 0.3 is 0 Å². The molecular formula is C18H22N6O3. The van der Waals surface area contributed by atoms with Crippen molar-refractivity contribution < 1.29 is 9.47 Å². The standard InChI is InChI=1S/C18H22N6O3/c1-26-14-6-5-13(11-15(14)27-2)24-17-16(20-21-24)18(25)23(12-19-17)10-9-22-7-3-4-8-22/h5-6,11-12H,3-4,7-10H2,1-2H3. The highest BCUT2D eigenvalue weighted by atomic mass is 16.5. The van der Waals surface area contributed by atoms with Gasteiger partial charge in [0, 0.05) is 19.2 Å². The maximum atomic E-state index is 12.7. The summed E-state index contributed by atoms with van der Waals surface area (Å²) in [7, 11) is 3.15. The lowest BCUT2D eigenvalue weighted by atomic mass is 10.2. The van der Waals surface area contributed by atoms with E-state index in [4.69, 9.17) is 9.47 Å². The predicted molar refractivity (Wildman–Crippen MR) is 99.7 cm³/mol. The summed E-state index contributed by atoms with van der Waals surface area (Å²) in [5.41, 5.74) is 1.20. The van der Waals surface area contributed by atoms with E-state index in [-0.39, 0.29) is 11.1 Å². The van der Waals surface area contributed by atoms with Crippen LogP contribution in [0.4, 0.5) is 0 Å². The van der Waals surface area contributed by atoms with Gasteiger partial charge in [-0.1, -0.05) is 5.21 Å². The quantitative estimate of drug-likeness (QED) is 0.642. The van der Waals surface area contributed by atoms with Gasteiger partial charge in [-0.05, 0) is 38.1 Å². The first-order valence-electron chi connectivity index (χ1n) is 8.97. The molecule has 1 aliphatic rings. The van der Waals surface area contributed by atoms with Crippen LogP contribution in [-0.2, 0) is 6.54 Å². The number of likely N-dealkylation sites (tertiary alicyclic amines) is 1. The molecule has 0 bridgehead atoms. The molecule has 1 fully saturated rings. The van der Waals surface area contributed by atoms with Gasteiger partial charge in [-0.2, -0.15) is 4.68 Å². The maximum absolute atomic E-state index is 12.7. The molecule has 4 rings (SSSR count). The average molecular weight is 370 g/mol. The van der Waals surface area contributed by atoms with Gasteiger partial charge in [-0.25, -0.2) is 4.98 Å². The Morgan fingerprint density at radius 1 is 1.07 bits per heavy atom. The first kappa shape index (κ1) is 17.5. The molecule has 0 unspecified atom stereocenters. The Bertz CT molecular complexity index is 1010. The minimum Gasteiger partial charge on any atom is -0.493 e. The number of methoxy groups -OCH3 is 2. The number of rotatable bonds is 6. The fourth-order valence-electron chi connectivity index (χ4n) is 3.39. The lowest BCUT2D eigenvalue weighted by Crippen LogP contribution is -2.29. The molecule has 3 aromatic rings. The van der Waals surface area contributed by atoms with Crippen LogP contribution in [0.2, 0.25) is 0 Å². The van der Waals surface area contributed by atoms with Crippen molar-refractivity contribution in [1.29, 1.82) is 0 Å². The van der Waals surface area contributed by atoms with E-state index in [1.54, 1.807) is 37.2 Å². The number of benzene rings is 1. The van der Waals surface area contributed by atoms with Crippen LogP contribution in [0, 0.1) is 0 Å². The van der Waals surface area contributed by atoms with Crippen molar-refractivity contribution in [3.63, 3.8) is 0 Å². The largest absolute Gasteiger partial charge is 0.493 e. The van der Waals surface area contributed by atoms with Crippen molar-refractivity contribution in [3.05, 3.63) is 34.9 Å². The highest BCUT2D eigenvalue weighted by Crippen LogP contribution is 2.29. The van der Waals surface area contributed by atoms with Crippen LogP contribution < -0.4 is 15.0 Å². The molecule has 1 saturated heterocycles. The molecule has 27 heavy (non-hydrogen) atoms. The van der Waals surface area contributed by atoms with Gasteiger partial charge in [0.2, 0.25) is 0 Å². The SMILES string of the molecule is COc1ccc(-n2nnc3c(=O)n(CCN4CCCC4)cnc32)cc1OC. The molecule has 1 aromatic carbocycles. The van der Waals surface area contributed by atoms with E-state index in [1.165, 1.54) is 17.5 Å². The fraction of sp³-hybridized carbons (Fsp3) is 0.444. The van der Waals surface area contributed by atoms with Crippen LogP contribution in [-0.4, -0.2) is 63.3 Å². The molecule has 142 valence electrons. The minimum atomic E-state index is -0.175. The molecule has 3 heterocycles. The number of hydrogen-bond acceptors (Lipinski definition) is 7. The number of ether oxygens (including phenoxy) is 2. The van der Waals surface area contributed by atoms with E-state index in [9.17, 15) is 4.79 Å². The summed E-state index contributed by atoms with van der Waals surface area (Å²) >= 11 is 0. The summed E-state index contributed by atoms with van der Waals surface area (Å²) < 4.78 is 13.7. The highest BCUT2D eigenvalue weighted by molar-refractivity contribution is 5.70. The smallest absolute Gasteiger partial charge is 0.283 e. The van der Waals surface area contributed by atoms with Crippen LogP contribution in [0.15, 0.2) is 29.3 Å². The van der Waals surface area contributed by atoms with E-state index in [0.29, 0.717) is 29.4 Å². The van der Waals surface area contributed by atoms with Gasteiger partial charge in [-0.3, -0.25) is 9.36 Å². The average Bonchev–Trinajstić information content (AvgIpc) is 3.37. The zero-order valence-corrected chi connectivity index (χ0v) is 15.5. The summed E-state index contributed by atoms with van der Waals surface area (Å²) in [5.74, 6) is 1.18. The van der Waals surface area contributed by atoms with E-state index < -0.39 is 0 Å². The Balaban J connectivity index is 1.66. The van der Waals surface area contributed by atoms with Crippen molar-refractivity contribution in [2.45, 2.75) is 19.4 Å². The molecular weight excluding hydrogens is 348 g/mol. The lowest BCUT2D eigenvalue weighted by Gasteiger charge is -2.14. The van der Waals surface area contributed by atoms with Gasteiger partial charge < -0.3 is 14.4 Å². The Labute approximate surface area is 156 Å². The molecule has 0 aliphatic carbocycles. The molecule has 0 amide bonds. The van der Waals surface area contributed by atoms with Gasteiger partial charge in [-0.15, -0.1) is 5.10 Å². The molecule has 2 aromatic heterocycles. The molecule has 0 N–H and O–H groups in total. The first-order chi connectivity index (χ1) is 13.2. The van der Waals surface area contributed by atoms with Gasteiger partial charge in [0.1, 0.15) is 6.33 Å². The third-order valence-electron chi connectivity index (χ3n) is 4.90. The summed E-state index contributed by atoms with van der Waals surface area (Å²) in [6, 6.07) is 5.36.